The number of benzene rings is 9. The van der Waals surface area contributed by atoms with Crippen molar-refractivity contribution in [1.29, 1.82) is 0 Å². The molecule has 9 aromatic carbocycles. The minimum atomic E-state index is 0.907. The van der Waals surface area contributed by atoms with Crippen LogP contribution in [0.3, 0.4) is 0 Å². The third-order valence-electron chi connectivity index (χ3n) is 11.5. The molecule has 0 amide bonds. The number of furan rings is 1. The van der Waals surface area contributed by atoms with Crippen LogP contribution in [0.5, 0.6) is 0 Å². The van der Waals surface area contributed by atoms with Gasteiger partial charge in [0, 0.05) is 49.1 Å². The highest BCUT2D eigenvalue weighted by molar-refractivity contribution is 6.19. The summed E-state index contributed by atoms with van der Waals surface area (Å²) in [5.41, 5.74) is 13.6. The van der Waals surface area contributed by atoms with Crippen molar-refractivity contribution < 1.29 is 4.42 Å². The molecule has 256 valence electrons. The zero-order chi connectivity index (χ0) is 36.0. The van der Waals surface area contributed by atoms with Crippen LogP contribution in [0.4, 0.5) is 0 Å². The Morgan fingerprint density at radius 2 is 0.873 bits per heavy atom. The van der Waals surface area contributed by atoms with Crippen molar-refractivity contribution in [2.75, 3.05) is 0 Å². The van der Waals surface area contributed by atoms with Gasteiger partial charge in [-0.1, -0.05) is 121 Å². The van der Waals surface area contributed by atoms with Crippen LogP contribution >= 0.6 is 0 Å². The van der Waals surface area contributed by atoms with Gasteiger partial charge in [-0.15, -0.1) is 0 Å². The number of fused-ring (bicyclic) bond motifs is 11. The maximum Gasteiger partial charge on any atom is 0.136 e. The lowest BCUT2D eigenvalue weighted by Gasteiger charge is -2.11. The standard InChI is InChI=1S/C52H32N2O/c1-2-13-38(14-3-1)54-49-28-24-36(31-46(49)44-26-21-33-11-4-5-16-40(33)52(44)54)35-23-27-48-45(30-35)41-17-6-8-19-47(41)53(48)39-15-10-12-34(29-39)37-22-25-43-42-18-7-9-20-50(42)55-51(43)32-37/h1-32H. The van der Waals surface area contributed by atoms with Crippen molar-refractivity contribution in [1.82, 2.24) is 9.13 Å². The Labute approximate surface area is 316 Å². The molecule has 12 rings (SSSR count). The highest BCUT2D eigenvalue weighted by Gasteiger charge is 2.18. The molecule has 0 saturated heterocycles. The topological polar surface area (TPSA) is 23.0 Å². The molecule has 3 heterocycles. The van der Waals surface area contributed by atoms with Crippen molar-refractivity contribution in [3.63, 3.8) is 0 Å². The van der Waals surface area contributed by atoms with E-state index in [1.165, 1.54) is 71.2 Å². The zero-order valence-electron chi connectivity index (χ0n) is 29.8. The van der Waals surface area contributed by atoms with Gasteiger partial charge in [0.1, 0.15) is 11.2 Å². The van der Waals surface area contributed by atoms with Gasteiger partial charge in [0.2, 0.25) is 0 Å². The molecule has 0 spiro atoms. The van der Waals surface area contributed by atoms with E-state index in [1.54, 1.807) is 0 Å². The second-order valence-electron chi connectivity index (χ2n) is 14.5. The summed E-state index contributed by atoms with van der Waals surface area (Å²) in [5, 5.41) is 9.78. The highest BCUT2D eigenvalue weighted by atomic mass is 16.3. The highest BCUT2D eigenvalue weighted by Crippen LogP contribution is 2.41. The smallest absolute Gasteiger partial charge is 0.136 e. The number of rotatable bonds is 4. The van der Waals surface area contributed by atoms with E-state index in [0.29, 0.717) is 0 Å². The van der Waals surface area contributed by atoms with Gasteiger partial charge in [0.25, 0.3) is 0 Å². The summed E-state index contributed by atoms with van der Waals surface area (Å²) in [6.45, 7) is 0. The molecule has 0 unspecified atom stereocenters. The Bertz CT molecular complexity index is 3490. The molecule has 0 radical (unpaired) electrons. The molecule has 3 heteroatoms. The van der Waals surface area contributed by atoms with E-state index in [1.807, 2.05) is 12.1 Å². The summed E-state index contributed by atoms with van der Waals surface area (Å²) >= 11 is 0. The van der Waals surface area contributed by atoms with E-state index >= 15 is 0 Å². The predicted molar refractivity (Wildman–Crippen MR) is 231 cm³/mol. The molecule has 55 heavy (non-hydrogen) atoms. The van der Waals surface area contributed by atoms with Crippen LogP contribution in [-0.4, -0.2) is 9.13 Å². The van der Waals surface area contributed by atoms with Crippen LogP contribution in [0.15, 0.2) is 199 Å². The van der Waals surface area contributed by atoms with Crippen molar-refractivity contribution in [2.45, 2.75) is 0 Å². The van der Waals surface area contributed by atoms with Gasteiger partial charge in [-0.05, 0) is 100 Å². The number of hydrogen-bond donors (Lipinski definition) is 0. The third-order valence-corrected chi connectivity index (χ3v) is 11.5. The molecule has 0 N–H and O–H groups in total. The van der Waals surface area contributed by atoms with Crippen LogP contribution in [0, 0.1) is 0 Å². The second kappa shape index (κ2) is 11.6. The molecule has 3 aromatic heterocycles. The maximum atomic E-state index is 6.26. The van der Waals surface area contributed by atoms with Gasteiger partial charge in [-0.3, -0.25) is 0 Å². The summed E-state index contributed by atoms with van der Waals surface area (Å²) in [6.07, 6.45) is 0. The molecule has 0 saturated carbocycles. The van der Waals surface area contributed by atoms with Gasteiger partial charge < -0.3 is 13.6 Å². The van der Waals surface area contributed by atoms with Gasteiger partial charge in [0.15, 0.2) is 0 Å². The van der Waals surface area contributed by atoms with Crippen molar-refractivity contribution in [2.24, 2.45) is 0 Å². The van der Waals surface area contributed by atoms with E-state index < -0.39 is 0 Å². The van der Waals surface area contributed by atoms with E-state index in [-0.39, 0.29) is 0 Å². The number of aromatic nitrogens is 2. The van der Waals surface area contributed by atoms with E-state index in [2.05, 4.69) is 191 Å². The first-order valence-electron chi connectivity index (χ1n) is 18.8. The summed E-state index contributed by atoms with van der Waals surface area (Å²) in [4.78, 5) is 0. The summed E-state index contributed by atoms with van der Waals surface area (Å²) in [7, 11) is 0. The van der Waals surface area contributed by atoms with Gasteiger partial charge in [-0.25, -0.2) is 0 Å². The van der Waals surface area contributed by atoms with Crippen molar-refractivity contribution >= 4 is 76.3 Å². The molecule has 0 aliphatic rings. The number of para-hydroxylation sites is 3. The molecule has 0 aliphatic heterocycles. The van der Waals surface area contributed by atoms with Crippen molar-refractivity contribution in [3.05, 3.63) is 194 Å². The molecular weight excluding hydrogens is 669 g/mol. The molecule has 0 aliphatic carbocycles. The Morgan fingerprint density at radius 3 is 1.73 bits per heavy atom. The SMILES string of the molecule is c1ccc(-n2c3ccc(-c4ccc5c(c4)c4ccccc4n5-c4cccc(-c5ccc6c(c5)oc5ccccc56)c4)cc3c3ccc4ccccc4c32)cc1. The Kier molecular flexibility index (Phi) is 6.34. The van der Waals surface area contributed by atoms with Crippen molar-refractivity contribution in [3.8, 4) is 33.6 Å². The monoisotopic (exact) mass is 700 g/mol. The fourth-order valence-electron chi connectivity index (χ4n) is 8.97. The Morgan fingerprint density at radius 1 is 0.291 bits per heavy atom. The van der Waals surface area contributed by atoms with Crippen LogP contribution in [0.2, 0.25) is 0 Å². The molecule has 12 aromatic rings. The molecule has 0 bridgehead atoms. The Hall–Kier alpha value is -7.36. The van der Waals surface area contributed by atoms with Crippen LogP contribution < -0.4 is 0 Å². The zero-order valence-corrected chi connectivity index (χ0v) is 29.8. The summed E-state index contributed by atoms with van der Waals surface area (Å²) in [5.74, 6) is 0. The largest absolute Gasteiger partial charge is 0.456 e. The quantitative estimate of drug-likeness (QED) is 0.179. The first kappa shape index (κ1) is 30.1. The average molecular weight is 701 g/mol. The molecular formula is C52H32N2O. The fraction of sp³-hybridized carbons (Fsp3) is 0. The molecule has 0 fully saturated rings. The van der Waals surface area contributed by atoms with Gasteiger partial charge >= 0.3 is 0 Å². The number of hydrogen-bond acceptors (Lipinski definition) is 1. The van der Waals surface area contributed by atoms with E-state index in [9.17, 15) is 0 Å². The van der Waals surface area contributed by atoms with Crippen LogP contribution in [0.1, 0.15) is 0 Å². The normalized spacial score (nSPS) is 12.0. The lowest BCUT2D eigenvalue weighted by molar-refractivity contribution is 0.669. The minimum absolute atomic E-state index is 0.907. The second-order valence-corrected chi connectivity index (χ2v) is 14.5. The average Bonchev–Trinajstić information content (AvgIpc) is 3.91. The fourth-order valence-corrected chi connectivity index (χ4v) is 8.97. The lowest BCUT2D eigenvalue weighted by Crippen LogP contribution is -1.94. The van der Waals surface area contributed by atoms with Crippen LogP contribution in [0.25, 0.3) is 110 Å². The predicted octanol–water partition coefficient (Wildman–Crippen LogP) is 14.3. The van der Waals surface area contributed by atoms with Crippen LogP contribution in [-0.2, 0) is 0 Å². The summed E-state index contributed by atoms with van der Waals surface area (Å²) in [6, 6.07) is 70.3. The first-order chi connectivity index (χ1) is 27.3. The summed E-state index contributed by atoms with van der Waals surface area (Å²) < 4.78 is 11.1. The maximum absolute atomic E-state index is 6.26. The molecule has 0 atom stereocenters. The van der Waals surface area contributed by atoms with E-state index in [4.69, 9.17) is 4.42 Å². The van der Waals surface area contributed by atoms with E-state index in [0.717, 1.165) is 38.8 Å². The van der Waals surface area contributed by atoms with Gasteiger partial charge in [-0.2, -0.15) is 0 Å². The molecule has 3 nitrogen and oxygen atoms in total. The lowest BCUT2D eigenvalue weighted by atomic mass is 10.00. The minimum Gasteiger partial charge on any atom is -0.456 e. The van der Waals surface area contributed by atoms with Gasteiger partial charge in [0.05, 0.1) is 22.1 Å². The number of nitrogens with zero attached hydrogens (tertiary/aromatic N) is 2. The first-order valence-corrected chi connectivity index (χ1v) is 18.8. The Balaban J connectivity index is 1.01. The third kappa shape index (κ3) is 4.50.